The maximum Gasteiger partial charge on any atom is 0.107 e. The minimum atomic E-state index is -0.568. The largest absolute Gasteiger partial charge is 0.389 e. The molecular formula is C12H22N2OS. The highest BCUT2D eigenvalue weighted by Gasteiger charge is 2.21. The van der Waals surface area contributed by atoms with E-state index < -0.39 is 5.60 Å². The molecule has 0 spiro atoms. The van der Waals surface area contributed by atoms with Crippen LogP contribution in [0.3, 0.4) is 0 Å². The second kappa shape index (κ2) is 5.75. The summed E-state index contributed by atoms with van der Waals surface area (Å²) in [7, 11) is 0. The van der Waals surface area contributed by atoms with Gasteiger partial charge in [0.1, 0.15) is 5.01 Å². The summed E-state index contributed by atoms with van der Waals surface area (Å²) in [5.41, 5.74) is 0.546. The van der Waals surface area contributed by atoms with Gasteiger partial charge in [0.15, 0.2) is 0 Å². The molecule has 0 aliphatic carbocycles. The van der Waals surface area contributed by atoms with Crippen molar-refractivity contribution in [3.8, 4) is 0 Å². The number of aryl methyl sites for hydroxylation is 2. The second-order valence-electron chi connectivity index (χ2n) is 4.28. The van der Waals surface area contributed by atoms with E-state index in [0.717, 1.165) is 30.1 Å². The Morgan fingerprint density at radius 1 is 1.31 bits per heavy atom. The van der Waals surface area contributed by atoms with Crippen LogP contribution in [0.1, 0.15) is 42.3 Å². The van der Waals surface area contributed by atoms with Crippen LogP contribution in [-0.4, -0.2) is 22.2 Å². The zero-order chi connectivity index (χ0) is 12.2. The van der Waals surface area contributed by atoms with Gasteiger partial charge in [-0.1, -0.05) is 13.8 Å². The van der Waals surface area contributed by atoms with Crippen LogP contribution in [-0.2, 0) is 6.54 Å². The average molecular weight is 242 g/mol. The topological polar surface area (TPSA) is 45.1 Å². The lowest BCUT2D eigenvalue weighted by Crippen LogP contribution is -2.39. The molecule has 16 heavy (non-hydrogen) atoms. The molecule has 0 aromatic carbocycles. The van der Waals surface area contributed by atoms with Crippen LogP contribution in [0.25, 0.3) is 0 Å². The Bertz CT molecular complexity index is 312. The molecule has 0 saturated carbocycles. The summed E-state index contributed by atoms with van der Waals surface area (Å²) in [5.74, 6) is 0. The molecule has 92 valence electrons. The third kappa shape index (κ3) is 3.54. The summed E-state index contributed by atoms with van der Waals surface area (Å²) < 4.78 is 0. The van der Waals surface area contributed by atoms with E-state index in [0.29, 0.717) is 6.54 Å². The zero-order valence-corrected chi connectivity index (χ0v) is 11.4. The average Bonchev–Trinajstić information content (AvgIpc) is 2.58. The van der Waals surface area contributed by atoms with Crippen LogP contribution in [0.2, 0.25) is 0 Å². The molecule has 2 N–H and O–H groups in total. The number of rotatable bonds is 6. The number of aliphatic hydroxyl groups is 1. The van der Waals surface area contributed by atoms with Gasteiger partial charge in [-0.3, -0.25) is 0 Å². The summed E-state index contributed by atoms with van der Waals surface area (Å²) in [4.78, 5) is 5.73. The van der Waals surface area contributed by atoms with Crippen molar-refractivity contribution in [2.24, 2.45) is 0 Å². The van der Waals surface area contributed by atoms with E-state index in [9.17, 15) is 5.11 Å². The van der Waals surface area contributed by atoms with Crippen LogP contribution in [0.4, 0.5) is 0 Å². The van der Waals surface area contributed by atoms with E-state index in [2.05, 4.69) is 17.2 Å². The lowest BCUT2D eigenvalue weighted by atomic mass is 9.98. The van der Waals surface area contributed by atoms with E-state index in [1.165, 1.54) is 4.88 Å². The summed E-state index contributed by atoms with van der Waals surface area (Å²) in [5, 5.41) is 14.5. The minimum Gasteiger partial charge on any atom is -0.389 e. The van der Waals surface area contributed by atoms with Gasteiger partial charge in [-0.25, -0.2) is 4.98 Å². The molecule has 0 aliphatic rings. The minimum absolute atomic E-state index is 0.568. The fraction of sp³-hybridized carbons (Fsp3) is 0.750. The van der Waals surface area contributed by atoms with Crippen LogP contribution in [0.5, 0.6) is 0 Å². The van der Waals surface area contributed by atoms with Gasteiger partial charge < -0.3 is 10.4 Å². The van der Waals surface area contributed by atoms with Crippen LogP contribution in [0.15, 0.2) is 0 Å². The highest BCUT2D eigenvalue weighted by atomic mass is 32.1. The molecule has 1 rings (SSSR count). The number of thiazole rings is 1. The fourth-order valence-electron chi connectivity index (χ4n) is 1.52. The van der Waals surface area contributed by atoms with E-state index in [1.807, 2.05) is 20.8 Å². The van der Waals surface area contributed by atoms with Crippen molar-refractivity contribution in [2.75, 3.05) is 6.54 Å². The summed E-state index contributed by atoms with van der Waals surface area (Å²) in [6.45, 7) is 9.54. The highest BCUT2D eigenvalue weighted by molar-refractivity contribution is 7.11. The van der Waals surface area contributed by atoms with Gasteiger partial charge in [0, 0.05) is 18.0 Å². The molecule has 1 aromatic rings. The number of nitrogens with one attached hydrogen (secondary N) is 1. The molecule has 3 nitrogen and oxygen atoms in total. The van der Waals surface area contributed by atoms with Crippen LogP contribution in [0, 0.1) is 13.8 Å². The van der Waals surface area contributed by atoms with E-state index in [4.69, 9.17) is 0 Å². The standard InChI is InChI=1S/C12H22N2OS/c1-5-12(15,6-2)8-13-7-11-14-9(3)10(4)16-11/h13,15H,5-8H2,1-4H3. The molecule has 0 atom stereocenters. The molecule has 0 unspecified atom stereocenters. The third-order valence-electron chi connectivity index (χ3n) is 3.12. The van der Waals surface area contributed by atoms with Gasteiger partial charge in [-0.2, -0.15) is 0 Å². The maximum absolute atomic E-state index is 10.1. The first-order chi connectivity index (χ1) is 7.50. The first-order valence-corrected chi connectivity index (χ1v) is 6.68. The molecule has 1 heterocycles. The van der Waals surface area contributed by atoms with E-state index in [1.54, 1.807) is 11.3 Å². The molecular weight excluding hydrogens is 220 g/mol. The Labute approximate surface area is 102 Å². The van der Waals surface area contributed by atoms with Crippen molar-refractivity contribution >= 4 is 11.3 Å². The van der Waals surface area contributed by atoms with Gasteiger partial charge in [-0.05, 0) is 26.7 Å². The molecule has 0 fully saturated rings. The van der Waals surface area contributed by atoms with Gasteiger partial charge in [0.2, 0.25) is 0 Å². The van der Waals surface area contributed by atoms with Crippen molar-refractivity contribution in [1.82, 2.24) is 10.3 Å². The Balaban J connectivity index is 2.41. The van der Waals surface area contributed by atoms with Crippen molar-refractivity contribution in [1.29, 1.82) is 0 Å². The number of hydrogen-bond acceptors (Lipinski definition) is 4. The summed E-state index contributed by atoms with van der Waals surface area (Å²) in [6, 6.07) is 0. The smallest absolute Gasteiger partial charge is 0.107 e. The molecule has 0 saturated heterocycles. The third-order valence-corrected chi connectivity index (χ3v) is 4.19. The molecule has 0 amide bonds. The van der Waals surface area contributed by atoms with Crippen LogP contribution < -0.4 is 5.32 Å². The van der Waals surface area contributed by atoms with Crippen molar-refractivity contribution in [3.63, 3.8) is 0 Å². The van der Waals surface area contributed by atoms with Crippen molar-refractivity contribution in [2.45, 2.75) is 52.7 Å². The lowest BCUT2D eigenvalue weighted by Gasteiger charge is -2.25. The molecule has 0 bridgehead atoms. The summed E-state index contributed by atoms with van der Waals surface area (Å²) in [6.07, 6.45) is 1.57. The van der Waals surface area contributed by atoms with E-state index >= 15 is 0 Å². The quantitative estimate of drug-likeness (QED) is 0.805. The first kappa shape index (κ1) is 13.6. The maximum atomic E-state index is 10.1. The molecule has 0 aliphatic heterocycles. The van der Waals surface area contributed by atoms with Crippen LogP contribution >= 0.6 is 11.3 Å². The van der Waals surface area contributed by atoms with Crippen molar-refractivity contribution < 1.29 is 5.11 Å². The van der Waals surface area contributed by atoms with Gasteiger partial charge in [0.05, 0.1) is 11.3 Å². The number of hydrogen-bond donors (Lipinski definition) is 2. The predicted molar refractivity (Wildman–Crippen MR) is 68.8 cm³/mol. The van der Waals surface area contributed by atoms with Gasteiger partial charge in [-0.15, -0.1) is 11.3 Å². The Morgan fingerprint density at radius 2 is 1.94 bits per heavy atom. The number of nitrogens with zero attached hydrogens (tertiary/aromatic N) is 1. The highest BCUT2D eigenvalue weighted by Crippen LogP contribution is 2.17. The van der Waals surface area contributed by atoms with E-state index in [-0.39, 0.29) is 0 Å². The normalized spacial score (nSPS) is 12.1. The Morgan fingerprint density at radius 3 is 2.38 bits per heavy atom. The Hall–Kier alpha value is -0.450. The van der Waals surface area contributed by atoms with Gasteiger partial charge >= 0.3 is 0 Å². The lowest BCUT2D eigenvalue weighted by molar-refractivity contribution is 0.0323. The predicted octanol–water partition coefficient (Wildman–Crippen LogP) is 2.40. The molecule has 1 aromatic heterocycles. The molecule has 4 heteroatoms. The van der Waals surface area contributed by atoms with Crippen molar-refractivity contribution in [3.05, 3.63) is 15.6 Å². The SMILES string of the molecule is CCC(O)(CC)CNCc1nc(C)c(C)s1. The Kier molecular flexibility index (Phi) is 4.89. The second-order valence-corrected chi connectivity index (χ2v) is 5.57. The summed E-state index contributed by atoms with van der Waals surface area (Å²) >= 11 is 1.72. The molecule has 0 radical (unpaired) electrons. The fourth-order valence-corrected chi connectivity index (χ4v) is 2.42. The zero-order valence-electron chi connectivity index (χ0n) is 10.6. The first-order valence-electron chi connectivity index (χ1n) is 5.86. The van der Waals surface area contributed by atoms with Gasteiger partial charge in [0.25, 0.3) is 0 Å². The number of aromatic nitrogens is 1. The monoisotopic (exact) mass is 242 g/mol.